The zero-order valence-electron chi connectivity index (χ0n) is 11.3. The topological polar surface area (TPSA) is 76.4 Å². The number of anilines is 1. The van der Waals surface area contributed by atoms with Crippen molar-refractivity contribution in [3.05, 3.63) is 47.3 Å². The Morgan fingerprint density at radius 3 is 2.58 bits per heavy atom. The molecule has 0 radical (unpaired) electrons. The van der Waals surface area contributed by atoms with Gasteiger partial charge in [0.25, 0.3) is 0 Å². The van der Waals surface area contributed by atoms with E-state index in [1.807, 2.05) is 51.1 Å². The molecule has 5 nitrogen and oxygen atoms in total. The second-order valence-electron chi connectivity index (χ2n) is 4.42. The third-order valence-electron chi connectivity index (χ3n) is 2.89. The average Bonchev–Trinajstić information content (AvgIpc) is 2.70. The summed E-state index contributed by atoms with van der Waals surface area (Å²) in [5, 5.41) is 6.97. The summed E-state index contributed by atoms with van der Waals surface area (Å²) < 4.78 is 5.14. The third-order valence-corrected chi connectivity index (χ3v) is 2.89. The van der Waals surface area contributed by atoms with E-state index in [1.165, 1.54) is 0 Å². The molecule has 1 atom stereocenters. The summed E-state index contributed by atoms with van der Waals surface area (Å²) in [4.78, 5) is 4.42. The Labute approximate surface area is 112 Å². The van der Waals surface area contributed by atoms with Gasteiger partial charge in [-0.15, -0.1) is 0 Å². The Morgan fingerprint density at radius 2 is 2.00 bits per heavy atom. The Bertz CT molecular complexity index is 555. The molecule has 5 heteroatoms. The predicted molar refractivity (Wildman–Crippen MR) is 76.1 cm³/mol. The van der Waals surface area contributed by atoms with Gasteiger partial charge in [-0.1, -0.05) is 23.4 Å². The van der Waals surface area contributed by atoms with Crippen LogP contribution < -0.4 is 11.1 Å². The van der Waals surface area contributed by atoms with Crippen LogP contribution in [0.15, 0.2) is 39.8 Å². The van der Waals surface area contributed by atoms with Crippen molar-refractivity contribution >= 4 is 11.6 Å². The number of nitrogens with one attached hydrogen (secondary N) is 1. The van der Waals surface area contributed by atoms with Crippen LogP contribution in [0.1, 0.15) is 30.0 Å². The first-order valence-electron chi connectivity index (χ1n) is 6.16. The predicted octanol–water partition coefficient (Wildman–Crippen LogP) is 2.78. The first-order chi connectivity index (χ1) is 9.08. The van der Waals surface area contributed by atoms with Crippen LogP contribution in [0.5, 0.6) is 0 Å². The Morgan fingerprint density at radius 1 is 1.32 bits per heavy atom. The van der Waals surface area contributed by atoms with Gasteiger partial charge in [-0.05, 0) is 32.9 Å². The summed E-state index contributed by atoms with van der Waals surface area (Å²) in [5.41, 5.74) is 8.64. The van der Waals surface area contributed by atoms with Gasteiger partial charge in [0.2, 0.25) is 0 Å². The van der Waals surface area contributed by atoms with Gasteiger partial charge >= 0.3 is 0 Å². The Balaban J connectivity index is 2.13. The highest BCUT2D eigenvalue weighted by Crippen LogP contribution is 2.23. The number of nitrogens with two attached hydrogens (primary N) is 1. The van der Waals surface area contributed by atoms with E-state index in [9.17, 15) is 0 Å². The van der Waals surface area contributed by atoms with Gasteiger partial charge in [-0.25, -0.2) is 4.99 Å². The summed E-state index contributed by atoms with van der Waals surface area (Å²) in [6, 6.07) is 9.60. The molecule has 0 aliphatic heterocycles. The van der Waals surface area contributed by atoms with Crippen LogP contribution >= 0.6 is 0 Å². The van der Waals surface area contributed by atoms with Crippen molar-refractivity contribution < 1.29 is 4.52 Å². The molecule has 0 aliphatic rings. The molecular formula is C14H18N4O. The number of benzene rings is 1. The number of nitrogens with zero attached hydrogens (tertiary/aromatic N) is 2. The lowest BCUT2D eigenvalue weighted by Gasteiger charge is -2.09. The minimum Gasteiger partial charge on any atom is -0.370 e. The van der Waals surface area contributed by atoms with Crippen LogP contribution in [0.4, 0.5) is 5.69 Å². The maximum absolute atomic E-state index is 5.90. The molecule has 3 N–H and O–H groups in total. The summed E-state index contributed by atoms with van der Waals surface area (Å²) >= 11 is 0. The van der Waals surface area contributed by atoms with Crippen LogP contribution in [0.25, 0.3) is 0 Å². The molecular weight excluding hydrogens is 240 g/mol. The van der Waals surface area contributed by atoms with E-state index in [1.54, 1.807) is 0 Å². The molecule has 0 saturated heterocycles. The van der Waals surface area contributed by atoms with E-state index >= 15 is 0 Å². The van der Waals surface area contributed by atoms with Gasteiger partial charge in [-0.3, -0.25) is 0 Å². The molecule has 2 aromatic rings. The zero-order valence-corrected chi connectivity index (χ0v) is 11.3. The first kappa shape index (κ1) is 13.1. The molecule has 0 amide bonds. The minimum atomic E-state index is -0.0949. The van der Waals surface area contributed by atoms with Crippen molar-refractivity contribution in [2.24, 2.45) is 10.7 Å². The largest absolute Gasteiger partial charge is 0.370 e. The van der Waals surface area contributed by atoms with Crippen molar-refractivity contribution in [1.29, 1.82) is 0 Å². The van der Waals surface area contributed by atoms with Gasteiger partial charge in [0.1, 0.15) is 5.76 Å². The van der Waals surface area contributed by atoms with E-state index < -0.39 is 0 Å². The molecule has 0 aliphatic carbocycles. The lowest BCUT2D eigenvalue weighted by molar-refractivity contribution is 0.391. The van der Waals surface area contributed by atoms with E-state index in [0.717, 1.165) is 22.7 Å². The van der Waals surface area contributed by atoms with Gasteiger partial charge in [0, 0.05) is 11.3 Å². The first-order valence-corrected chi connectivity index (χ1v) is 6.16. The number of hydrogen-bond donors (Lipinski definition) is 2. The monoisotopic (exact) mass is 258 g/mol. The number of para-hydroxylation sites is 1. The van der Waals surface area contributed by atoms with Crippen molar-refractivity contribution in [2.45, 2.75) is 26.8 Å². The number of guanidine groups is 1. The fourth-order valence-electron chi connectivity index (χ4n) is 2.06. The van der Waals surface area contributed by atoms with Crippen LogP contribution in [-0.4, -0.2) is 11.1 Å². The highest BCUT2D eigenvalue weighted by atomic mass is 16.5. The smallest absolute Gasteiger partial charge is 0.193 e. The number of aromatic nitrogens is 1. The second-order valence-corrected chi connectivity index (χ2v) is 4.42. The lowest BCUT2D eigenvalue weighted by Crippen LogP contribution is -2.23. The van der Waals surface area contributed by atoms with Crippen LogP contribution in [0.2, 0.25) is 0 Å². The fraction of sp³-hybridized carbons (Fsp3) is 0.286. The highest BCUT2D eigenvalue weighted by molar-refractivity contribution is 5.92. The molecule has 0 saturated carbocycles. The van der Waals surface area contributed by atoms with Gasteiger partial charge < -0.3 is 15.6 Å². The number of aliphatic imine (C=N–C) groups is 1. The van der Waals surface area contributed by atoms with E-state index in [0.29, 0.717) is 5.96 Å². The van der Waals surface area contributed by atoms with Crippen molar-refractivity contribution in [2.75, 3.05) is 5.32 Å². The van der Waals surface area contributed by atoms with Crippen LogP contribution in [0, 0.1) is 13.8 Å². The quantitative estimate of drug-likeness (QED) is 0.655. The molecule has 1 aromatic heterocycles. The summed E-state index contributed by atoms with van der Waals surface area (Å²) in [6.45, 7) is 5.74. The average molecular weight is 258 g/mol. The van der Waals surface area contributed by atoms with Crippen molar-refractivity contribution in [3.63, 3.8) is 0 Å². The molecule has 0 fully saturated rings. The molecule has 19 heavy (non-hydrogen) atoms. The molecule has 1 aromatic carbocycles. The lowest BCUT2D eigenvalue weighted by atomic mass is 10.1. The van der Waals surface area contributed by atoms with Crippen LogP contribution in [0.3, 0.4) is 0 Å². The maximum atomic E-state index is 5.90. The molecule has 0 bridgehead atoms. The molecule has 1 unspecified atom stereocenters. The van der Waals surface area contributed by atoms with Crippen molar-refractivity contribution in [3.8, 4) is 0 Å². The highest BCUT2D eigenvalue weighted by Gasteiger charge is 2.15. The third kappa shape index (κ3) is 3.13. The Hall–Kier alpha value is -2.30. The normalized spacial score (nSPS) is 13.3. The number of hydrogen-bond acceptors (Lipinski definition) is 3. The van der Waals surface area contributed by atoms with E-state index in [-0.39, 0.29) is 6.04 Å². The summed E-state index contributed by atoms with van der Waals surface area (Å²) in [7, 11) is 0. The minimum absolute atomic E-state index is 0.0949. The van der Waals surface area contributed by atoms with Gasteiger partial charge in [-0.2, -0.15) is 0 Å². The van der Waals surface area contributed by atoms with E-state index in [2.05, 4.69) is 15.5 Å². The van der Waals surface area contributed by atoms with E-state index in [4.69, 9.17) is 10.3 Å². The fourth-order valence-corrected chi connectivity index (χ4v) is 2.06. The standard InChI is InChI=1S/C14H18N4O/c1-9(13-10(2)18-19-11(13)3)16-14(15)17-12-7-5-4-6-8-12/h4-9H,1-3H3,(H3,15,16,17). The molecule has 1 heterocycles. The van der Waals surface area contributed by atoms with Gasteiger partial charge in [0.05, 0.1) is 11.7 Å². The molecule has 2 rings (SSSR count). The van der Waals surface area contributed by atoms with Crippen LogP contribution in [-0.2, 0) is 0 Å². The second kappa shape index (κ2) is 5.56. The molecule has 0 spiro atoms. The zero-order chi connectivity index (χ0) is 13.8. The maximum Gasteiger partial charge on any atom is 0.193 e. The Kier molecular flexibility index (Phi) is 3.85. The summed E-state index contributed by atoms with van der Waals surface area (Å²) in [5.74, 6) is 1.15. The van der Waals surface area contributed by atoms with Gasteiger partial charge in [0.15, 0.2) is 5.96 Å². The molecule has 100 valence electrons. The number of aryl methyl sites for hydroxylation is 2. The van der Waals surface area contributed by atoms with Crippen molar-refractivity contribution in [1.82, 2.24) is 5.16 Å². The summed E-state index contributed by atoms with van der Waals surface area (Å²) in [6.07, 6.45) is 0. The SMILES string of the molecule is Cc1noc(C)c1C(C)N=C(N)Nc1ccccc1. The number of rotatable bonds is 3.